The molecular formula is C13H19NO3. The number of nitrogens with one attached hydrogen (secondary N) is 1. The number of unbranched alkanes of at least 4 members (excludes halogenated alkanes) is 1. The fourth-order valence-electron chi connectivity index (χ4n) is 1.63. The maximum absolute atomic E-state index is 10.7. The lowest BCUT2D eigenvalue weighted by molar-refractivity contribution is -0.129. The van der Waals surface area contributed by atoms with E-state index in [1.807, 2.05) is 31.2 Å². The van der Waals surface area contributed by atoms with Crippen LogP contribution < -0.4 is 5.48 Å². The van der Waals surface area contributed by atoms with E-state index in [1.165, 1.54) is 5.56 Å². The zero-order valence-electron chi connectivity index (χ0n) is 10.0. The number of aliphatic hydroxyl groups excluding tert-OH is 1. The van der Waals surface area contributed by atoms with E-state index in [4.69, 9.17) is 5.21 Å². The molecule has 0 aromatic heterocycles. The Morgan fingerprint density at radius 3 is 2.53 bits per heavy atom. The molecule has 1 aromatic rings. The third-order valence-corrected chi connectivity index (χ3v) is 2.72. The van der Waals surface area contributed by atoms with E-state index >= 15 is 0 Å². The number of hydrogen-bond donors (Lipinski definition) is 3. The predicted octanol–water partition coefficient (Wildman–Crippen LogP) is 2.09. The Bertz CT molecular complexity index is 348. The molecule has 0 bridgehead atoms. The van der Waals surface area contributed by atoms with Crippen LogP contribution in [0.25, 0.3) is 0 Å². The predicted molar refractivity (Wildman–Crippen MR) is 64.5 cm³/mol. The Hall–Kier alpha value is -1.39. The molecule has 0 saturated heterocycles. The molecule has 0 radical (unpaired) electrons. The molecule has 0 heterocycles. The van der Waals surface area contributed by atoms with Crippen LogP contribution in [0, 0.1) is 6.92 Å². The third kappa shape index (κ3) is 4.97. The SMILES string of the molecule is Cc1ccc([C@H](O)CCCCC(=O)NO)cc1. The lowest BCUT2D eigenvalue weighted by Gasteiger charge is -2.10. The summed E-state index contributed by atoms with van der Waals surface area (Å²) in [5.41, 5.74) is 3.66. The molecule has 0 spiro atoms. The number of amides is 1. The Morgan fingerprint density at radius 1 is 1.29 bits per heavy atom. The number of hydroxylamine groups is 1. The van der Waals surface area contributed by atoms with E-state index in [9.17, 15) is 9.90 Å². The summed E-state index contributed by atoms with van der Waals surface area (Å²) in [5.74, 6) is -0.380. The van der Waals surface area contributed by atoms with Crippen LogP contribution in [0.2, 0.25) is 0 Å². The van der Waals surface area contributed by atoms with E-state index < -0.39 is 6.10 Å². The van der Waals surface area contributed by atoms with Crippen molar-refractivity contribution in [3.8, 4) is 0 Å². The highest BCUT2D eigenvalue weighted by molar-refractivity contribution is 5.74. The summed E-state index contributed by atoms with van der Waals surface area (Å²) in [4.78, 5) is 10.7. The summed E-state index contributed by atoms with van der Waals surface area (Å²) in [6.07, 6.45) is 1.85. The molecule has 0 aliphatic heterocycles. The summed E-state index contributed by atoms with van der Waals surface area (Å²) < 4.78 is 0. The first-order chi connectivity index (χ1) is 8.13. The molecule has 0 unspecified atom stereocenters. The van der Waals surface area contributed by atoms with E-state index in [0.29, 0.717) is 12.8 Å². The highest BCUT2D eigenvalue weighted by atomic mass is 16.5. The second-order valence-corrected chi connectivity index (χ2v) is 4.21. The maximum atomic E-state index is 10.7. The molecular weight excluding hydrogens is 218 g/mol. The standard InChI is InChI=1S/C13H19NO3/c1-10-6-8-11(9-7-10)12(15)4-2-3-5-13(16)14-17/h6-9,12,15,17H,2-5H2,1H3,(H,14,16)/t12-/m1/s1. The molecule has 0 aliphatic rings. The van der Waals surface area contributed by atoms with Gasteiger partial charge in [0.15, 0.2) is 0 Å². The number of hydrogen-bond acceptors (Lipinski definition) is 3. The maximum Gasteiger partial charge on any atom is 0.243 e. The monoisotopic (exact) mass is 237 g/mol. The summed E-state index contributed by atoms with van der Waals surface area (Å²) in [7, 11) is 0. The van der Waals surface area contributed by atoms with Crippen LogP contribution in [-0.4, -0.2) is 16.2 Å². The van der Waals surface area contributed by atoms with Gasteiger partial charge in [0.05, 0.1) is 6.10 Å². The molecule has 1 aromatic carbocycles. The van der Waals surface area contributed by atoms with Gasteiger partial charge >= 0.3 is 0 Å². The van der Waals surface area contributed by atoms with Crippen molar-refractivity contribution in [1.82, 2.24) is 5.48 Å². The van der Waals surface area contributed by atoms with Gasteiger partial charge in [0.1, 0.15) is 0 Å². The Balaban J connectivity index is 2.27. The van der Waals surface area contributed by atoms with Crippen LogP contribution in [0.1, 0.15) is 42.9 Å². The minimum atomic E-state index is -0.479. The van der Waals surface area contributed by atoms with Crippen LogP contribution in [0.5, 0.6) is 0 Å². The van der Waals surface area contributed by atoms with Crippen molar-refractivity contribution in [2.45, 2.75) is 38.7 Å². The Kier molecular flexibility index (Phi) is 5.66. The van der Waals surface area contributed by atoms with Crippen molar-refractivity contribution in [2.75, 3.05) is 0 Å². The molecule has 0 saturated carbocycles. The molecule has 3 N–H and O–H groups in total. The van der Waals surface area contributed by atoms with Crippen LogP contribution in [0.4, 0.5) is 0 Å². The highest BCUT2D eigenvalue weighted by Gasteiger charge is 2.07. The fourth-order valence-corrected chi connectivity index (χ4v) is 1.63. The van der Waals surface area contributed by atoms with Crippen molar-refractivity contribution >= 4 is 5.91 Å². The second-order valence-electron chi connectivity index (χ2n) is 4.21. The number of carbonyl (C=O) groups is 1. The molecule has 94 valence electrons. The quantitative estimate of drug-likeness (QED) is 0.403. The first-order valence-electron chi connectivity index (χ1n) is 5.81. The van der Waals surface area contributed by atoms with Gasteiger partial charge in [-0.05, 0) is 25.3 Å². The summed E-state index contributed by atoms with van der Waals surface area (Å²) in [6, 6.07) is 7.77. The lowest BCUT2D eigenvalue weighted by atomic mass is 10.0. The van der Waals surface area contributed by atoms with Gasteiger partial charge in [-0.25, -0.2) is 5.48 Å². The van der Waals surface area contributed by atoms with E-state index in [-0.39, 0.29) is 12.3 Å². The van der Waals surface area contributed by atoms with Crippen LogP contribution in [-0.2, 0) is 4.79 Å². The zero-order valence-corrected chi connectivity index (χ0v) is 10.0. The highest BCUT2D eigenvalue weighted by Crippen LogP contribution is 2.19. The van der Waals surface area contributed by atoms with Crippen molar-refractivity contribution in [1.29, 1.82) is 0 Å². The third-order valence-electron chi connectivity index (χ3n) is 2.72. The van der Waals surface area contributed by atoms with Gasteiger partial charge in [-0.15, -0.1) is 0 Å². The average Bonchev–Trinajstić information content (AvgIpc) is 2.34. The normalized spacial score (nSPS) is 12.2. The van der Waals surface area contributed by atoms with Gasteiger partial charge in [0.25, 0.3) is 0 Å². The van der Waals surface area contributed by atoms with Crippen LogP contribution in [0.15, 0.2) is 24.3 Å². The second kappa shape index (κ2) is 7.04. The van der Waals surface area contributed by atoms with Gasteiger partial charge in [0.2, 0.25) is 5.91 Å². The first kappa shape index (κ1) is 13.7. The van der Waals surface area contributed by atoms with Gasteiger partial charge < -0.3 is 5.11 Å². The zero-order chi connectivity index (χ0) is 12.7. The van der Waals surface area contributed by atoms with E-state index in [0.717, 1.165) is 12.0 Å². The van der Waals surface area contributed by atoms with E-state index in [1.54, 1.807) is 5.48 Å². The van der Waals surface area contributed by atoms with Crippen LogP contribution >= 0.6 is 0 Å². The van der Waals surface area contributed by atoms with Crippen LogP contribution in [0.3, 0.4) is 0 Å². The van der Waals surface area contributed by atoms with Crippen molar-refractivity contribution in [3.05, 3.63) is 35.4 Å². The molecule has 4 nitrogen and oxygen atoms in total. The molecule has 1 atom stereocenters. The Morgan fingerprint density at radius 2 is 1.94 bits per heavy atom. The number of aryl methyl sites for hydroxylation is 1. The summed E-state index contributed by atoms with van der Waals surface area (Å²) >= 11 is 0. The van der Waals surface area contributed by atoms with Gasteiger partial charge in [0, 0.05) is 6.42 Å². The number of rotatable bonds is 6. The van der Waals surface area contributed by atoms with Gasteiger partial charge in [-0.3, -0.25) is 10.0 Å². The number of aliphatic hydroxyl groups is 1. The average molecular weight is 237 g/mol. The van der Waals surface area contributed by atoms with Gasteiger partial charge in [-0.1, -0.05) is 36.2 Å². The number of carbonyl (C=O) groups excluding carboxylic acids is 1. The topological polar surface area (TPSA) is 69.6 Å². The summed E-state index contributed by atoms with van der Waals surface area (Å²) in [5, 5.41) is 18.2. The Labute approximate surface area is 101 Å². The molecule has 1 amide bonds. The van der Waals surface area contributed by atoms with Gasteiger partial charge in [-0.2, -0.15) is 0 Å². The molecule has 17 heavy (non-hydrogen) atoms. The molecule has 1 rings (SSSR count). The number of benzene rings is 1. The van der Waals surface area contributed by atoms with Crippen molar-refractivity contribution in [2.24, 2.45) is 0 Å². The molecule has 4 heteroatoms. The van der Waals surface area contributed by atoms with E-state index in [2.05, 4.69) is 0 Å². The lowest BCUT2D eigenvalue weighted by Crippen LogP contribution is -2.17. The minimum Gasteiger partial charge on any atom is -0.388 e. The molecule has 0 fully saturated rings. The summed E-state index contributed by atoms with van der Waals surface area (Å²) in [6.45, 7) is 2.00. The van der Waals surface area contributed by atoms with Crippen molar-refractivity contribution in [3.63, 3.8) is 0 Å². The van der Waals surface area contributed by atoms with Crippen molar-refractivity contribution < 1.29 is 15.1 Å². The molecule has 0 aliphatic carbocycles. The fraction of sp³-hybridized carbons (Fsp3) is 0.462. The minimum absolute atomic E-state index is 0.289. The smallest absolute Gasteiger partial charge is 0.243 e. The largest absolute Gasteiger partial charge is 0.388 e. The first-order valence-corrected chi connectivity index (χ1v) is 5.81.